The molecular formula is C18H28N4O4S2. The third kappa shape index (κ3) is 5.11. The van der Waals surface area contributed by atoms with Gasteiger partial charge in [0.2, 0.25) is 21.8 Å². The van der Waals surface area contributed by atoms with E-state index >= 15 is 0 Å². The molecule has 28 heavy (non-hydrogen) atoms. The Kier molecular flexibility index (Phi) is 6.43. The van der Waals surface area contributed by atoms with Gasteiger partial charge < -0.3 is 10.2 Å². The van der Waals surface area contributed by atoms with Crippen LogP contribution in [0, 0.1) is 5.92 Å². The molecule has 8 nitrogen and oxygen atoms in total. The largest absolute Gasteiger partial charge is 0.354 e. The summed E-state index contributed by atoms with van der Waals surface area (Å²) in [5, 5.41) is 6.95. The van der Waals surface area contributed by atoms with Crippen LogP contribution in [0.4, 0.5) is 0 Å². The molecule has 1 aromatic heterocycles. The first kappa shape index (κ1) is 21.2. The van der Waals surface area contributed by atoms with Crippen molar-refractivity contribution in [2.45, 2.75) is 44.9 Å². The molecular weight excluding hydrogens is 400 g/mol. The summed E-state index contributed by atoms with van der Waals surface area (Å²) in [7, 11) is -3.32. The van der Waals surface area contributed by atoms with E-state index in [1.54, 1.807) is 16.2 Å². The second kappa shape index (κ2) is 8.48. The summed E-state index contributed by atoms with van der Waals surface area (Å²) in [6.45, 7) is 5.56. The summed E-state index contributed by atoms with van der Waals surface area (Å²) in [5.74, 6) is -0.274. The molecule has 0 spiro atoms. The van der Waals surface area contributed by atoms with E-state index in [-0.39, 0.29) is 36.4 Å². The fourth-order valence-corrected chi connectivity index (χ4v) is 5.34. The molecule has 0 bridgehead atoms. The van der Waals surface area contributed by atoms with Crippen LogP contribution in [0.1, 0.15) is 25.8 Å². The zero-order valence-corrected chi connectivity index (χ0v) is 18.1. The Labute approximate surface area is 170 Å². The van der Waals surface area contributed by atoms with Crippen LogP contribution in [-0.2, 0) is 26.2 Å². The van der Waals surface area contributed by atoms with E-state index in [2.05, 4.69) is 20.3 Å². The summed E-state index contributed by atoms with van der Waals surface area (Å²) in [5.41, 5.74) is 1.13. The van der Waals surface area contributed by atoms with Crippen molar-refractivity contribution in [3.05, 3.63) is 22.4 Å². The van der Waals surface area contributed by atoms with Crippen LogP contribution in [0.5, 0.6) is 0 Å². The standard InChI is InChI=1S/C18H28N4O4S2/c1-12(2)17(23)19-7-16-18(24)22-9-14(20-28(3,25)26)6-15(22)10-21(16)8-13-4-5-27-11-13/h4-5,11-12,14-16,20H,6-10H2,1-3H3,(H,19,23)/t14-,15-,16-/m0/s1. The third-order valence-electron chi connectivity index (χ3n) is 5.21. The molecule has 0 saturated carbocycles. The van der Waals surface area contributed by atoms with Crippen molar-refractivity contribution in [2.75, 3.05) is 25.9 Å². The molecule has 0 radical (unpaired) electrons. The Bertz CT molecular complexity index is 810. The number of carbonyl (C=O) groups is 2. The molecule has 2 N–H and O–H groups in total. The molecule has 0 unspecified atom stereocenters. The normalized spacial score (nSPS) is 25.9. The predicted molar refractivity (Wildman–Crippen MR) is 108 cm³/mol. The Hall–Kier alpha value is -1.49. The van der Waals surface area contributed by atoms with Gasteiger partial charge in [0, 0.05) is 44.2 Å². The van der Waals surface area contributed by atoms with Gasteiger partial charge in [0.25, 0.3) is 0 Å². The number of rotatable bonds is 7. The topological polar surface area (TPSA) is 98.8 Å². The maximum atomic E-state index is 13.2. The van der Waals surface area contributed by atoms with E-state index in [1.165, 1.54) is 0 Å². The summed E-state index contributed by atoms with van der Waals surface area (Å²) >= 11 is 1.61. The number of nitrogens with one attached hydrogen (secondary N) is 2. The molecule has 2 saturated heterocycles. The van der Waals surface area contributed by atoms with Gasteiger partial charge in [-0.3, -0.25) is 14.5 Å². The highest BCUT2D eigenvalue weighted by molar-refractivity contribution is 7.88. The summed E-state index contributed by atoms with van der Waals surface area (Å²) in [6, 6.07) is 1.29. The van der Waals surface area contributed by atoms with Gasteiger partial charge in [-0.1, -0.05) is 13.8 Å². The molecule has 0 aromatic carbocycles. The number of amides is 2. The number of carbonyl (C=O) groups excluding carboxylic acids is 2. The van der Waals surface area contributed by atoms with Crippen LogP contribution >= 0.6 is 11.3 Å². The van der Waals surface area contributed by atoms with Crippen molar-refractivity contribution in [2.24, 2.45) is 5.92 Å². The highest BCUT2D eigenvalue weighted by Crippen LogP contribution is 2.28. The molecule has 2 aliphatic rings. The highest BCUT2D eigenvalue weighted by atomic mass is 32.2. The van der Waals surface area contributed by atoms with E-state index in [4.69, 9.17) is 0 Å². The van der Waals surface area contributed by atoms with Crippen LogP contribution in [0.15, 0.2) is 16.8 Å². The SMILES string of the molecule is CC(C)C(=O)NC[C@H]1C(=O)N2C[C@@H](NS(C)(=O)=O)C[C@H]2CN1Cc1ccsc1. The maximum Gasteiger partial charge on any atom is 0.242 e. The zero-order chi connectivity index (χ0) is 20.5. The minimum absolute atomic E-state index is 0.0255. The number of hydrogen-bond donors (Lipinski definition) is 2. The van der Waals surface area contributed by atoms with Gasteiger partial charge in [-0.15, -0.1) is 0 Å². The molecule has 3 atom stereocenters. The van der Waals surface area contributed by atoms with Crippen molar-refractivity contribution in [1.82, 2.24) is 19.8 Å². The summed E-state index contributed by atoms with van der Waals surface area (Å²) in [4.78, 5) is 29.1. The Morgan fingerprint density at radius 1 is 1.36 bits per heavy atom. The smallest absolute Gasteiger partial charge is 0.242 e. The fraction of sp³-hybridized carbons (Fsp3) is 0.667. The molecule has 3 heterocycles. The monoisotopic (exact) mass is 428 g/mol. The zero-order valence-electron chi connectivity index (χ0n) is 16.4. The van der Waals surface area contributed by atoms with Gasteiger partial charge in [0.05, 0.1) is 6.26 Å². The van der Waals surface area contributed by atoms with Gasteiger partial charge in [-0.25, -0.2) is 13.1 Å². The van der Waals surface area contributed by atoms with Crippen LogP contribution in [0.25, 0.3) is 0 Å². The lowest BCUT2D eigenvalue weighted by molar-refractivity contribution is -0.144. The average Bonchev–Trinajstić information content (AvgIpc) is 3.22. The van der Waals surface area contributed by atoms with Crippen LogP contribution in [0.2, 0.25) is 0 Å². The van der Waals surface area contributed by atoms with E-state index in [0.29, 0.717) is 26.1 Å². The average molecular weight is 429 g/mol. The van der Waals surface area contributed by atoms with Gasteiger partial charge in [0.1, 0.15) is 6.04 Å². The number of sulfonamides is 1. The highest BCUT2D eigenvalue weighted by Gasteiger charge is 2.45. The van der Waals surface area contributed by atoms with Gasteiger partial charge in [0.15, 0.2) is 0 Å². The number of hydrogen-bond acceptors (Lipinski definition) is 6. The fourth-order valence-electron chi connectivity index (χ4n) is 3.90. The lowest BCUT2D eigenvalue weighted by Gasteiger charge is -2.42. The third-order valence-corrected chi connectivity index (χ3v) is 6.70. The second-order valence-electron chi connectivity index (χ2n) is 7.94. The molecule has 1 aromatic rings. The first-order valence-electron chi connectivity index (χ1n) is 9.44. The first-order chi connectivity index (χ1) is 13.1. The predicted octanol–water partition coefficient (Wildman–Crippen LogP) is 0.223. The van der Waals surface area contributed by atoms with Crippen LogP contribution in [-0.4, -0.2) is 74.0 Å². The second-order valence-corrected chi connectivity index (χ2v) is 10.5. The lowest BCUT2D eigenvalue weighted by atomic mass is 10.0. The van der Waals surface area contributed by atoms with E-state index < -0.39 is 16.1 Å². The van der Waals surface area contributed by atoms with Crippen molar-refractivity contribution in [1.29, 1.82) is 0 Å². The molecule has 2 amide bonds. The molecule has 10 heteroatoms. The number of fused-ring (bicyclic) bond motifs is 1. The molecule has 3 rings (SSSR count). The Morgan fingerprint density at radius 2 is 2.11 bits per heavy atom. The van der Waals surface area contributed by atoms with E-state index in [9.17, 15) is 18.0 Å². The number of piperazine rings is 1. The van der Waals surface area contributed by atoms with Gasteiger partial charge in [-0.05, 0) is 28.8 Å². The minimum atomic E-state index is -3.32. The van der Waals surface area contributed by atoms with Gasteiger partial charge in [-0.2, -0.15) is 11.3 Å². The minimum Gasteiger partial charge on any atom is -0.354 e. The molecule has 156 valence electrons. The summed E-state index contributed by atoms with van der Waals surface area (Å²) < 4.78 is 25.8. The van der Waals surface area contributed by atoms with Crippen LogP contribution < -0.4 is 10.0 Å². The summed E-state index contributed by atoms with van der Waals surface area (Å²) in [6.07, 6.45) is 1.74. The number of thiophene rings is 1. The molecule has 0 aliphatic carbocycles. The van der Waals surface area contributed by atoms with Crippen molar-refractivity contribution < 1.29 is 18.0 Å². The van der Waals surface area contributed by atoms with Crippen LogP contribution in [0.3, 0.4) is 0 Å². The quantitative estimate of drug-likeness (QED) is 0.648. The van der Waals surface area contributed by atoms with Crippen molar-refractivity contribution in [3.8, 4) is 0 Å². The first-order valence-corrected chi connectivity index (χ1v) is 12.3. The Morgan fingerprint density at radius 3 is 2.71 bits per heavy atom. The Balaban J connectivity index is 1.75. The molecule has 2 fully saturated rings. The van der Waals surface area contributed by atoms with Crippen molar-refractivity contribution >= 4 is 33.2 Å². The van der Waals surface area contributed by atoms with Gasteiger partial charge >= 0.3 is 0 Å². The van der Waals surface area contributed by atoms with E-state index in [0.717, 1.165) is 11.8 Å². The number of nitrogens with zero attached hydrogens (tertiary/aromatic N) is 2. The molecule has 2 aliphatic heterocycles. The maximum absolute atomic E-state index is 13.2. The van der Waals surface area contributed by atoms with Crippen molar-refractivity contribution in [3.63, 3.8) is 0 Å². The lowest BCUT2D eigenvalue weighted by Crippen LogP contribution is -2.62. The van der Waals surface area contributed by atoms with E-state index in [1.807, 2.05) is 25.3 Å².